The Kier molecular flexibility index (Phi) is 10.1. The maximum atomic E-state index is 10.6. The summed E-state index contributed by atoms with van der Waals surface area (Å²) in [5.74, 6) is 1.34. The molecule has 2 heterocycles. The molecule has 0 radical (unpaired) electrons. The molecule has 2 aromatic heterocycles. The van der Waals surface area contributed by atoms with Crippen LogP contribution in [0.5, 0.6) is 0 Å². The fourth-order valence-corrected chi connectivity index (χ4v) is 8.63. The lowest BCUT2D eigenvalue weighted by atomic mass is 9.65. The first-order chi connectivity index (χ1) is 28.6. The molecule has 1 atom stereocenters. The van der Waals surface area contributed by atoms with Crippen molar-refractivity contribution in [3.63, 3.8) is 0 Å². The number of nitriles is 2. The van der Waals surface area contributed by atoms with Crippen LogP contribution in [0.4, 0.5) is 0 Å². The normalized spacial score (nSPS) is 15.7. The number of benzene rings is 5. The minimum Gasteiger partial charge on any atom is -0.231 e. The summed E-state index contributed by atoms with van der Waals surface area (Å²) >= 11 is 0. The molecule has 0 saturated heterocycles. The predicted molar refractivity (Wildman–Crippen MR) is 230 cm³/mol. The van der Waals surface area contributed by atoms with E-state index in [2.05, 4.69) is 78.9 Å². The molecule has 0 bridgehead atoms. The average Bonchev–Trinajstić information content (AvgIpc) is 3.32. The predicted octanol–water partition coefficient (Wildman–Crippen LogP) is 12.2. The number of aromatic nitrogens is 4. The molecule has 58 heavy (non-hydrogen) atoms. The van der Waals surface area contributed by atoms with Gasteiger partial charge in [-0.05, 0) is 30.4 Å². The number of allylic oxidation sites excluding steroid dienone is 4. The van der Waals surface area contributed by atoms with E-state index >= 15 is 0 Å². The van der Waals surface area contributed by atoms with Gasteiger partial charge in [0.25, 0.3) is 0 Å². The number of rotatable bonds is 8. The van der Waals surface area contributed by atoms with Crippen molar-refractivity contribution in [2.45, 2.75) is 49.9 Å². The van der Waals surface area contributed by atoms with E-state index in [1.165, 1.54) is 17.5 Å². The van der Waals surface area contributed by atoms with E-state index in [-0.39, 0.29) is 11.3 Å². The second-order valence-corrected chi connectivity index (χ2v) is 15.0. The van der Waals surface area contributed by atoms with Crippen LogP contribution in [0.2, 0.25) is 0 Å². The Hall–Kier alpha value is -7.28. The van der Waals surface area contributed by atoms with E-state index in [4.69, 9.17) is 19.9 Å². The molecule has 1 fully saturated rings. The van der Waals surface area contributed by atoms with E-state index in [0.717, 1.165) is 65.7 Å². The second kappa shape index (κ2) is 16.1. The molecule has 2 aliphatic carbocycles. The minimum absolute atomic E-state index is 0.0353. The molecule has 0 spiro atoms. The highest BCUT2D eigenvalue weighted by atomic mass is 14.9. The Morgan fingerprint density at radius 2 is 0.897 bits per heavy atom. The van der Waals surface area contributed by atoms with E-state index in [9.17, 15) is 10.5 Å². The van der Waals surface area contributed by atoms with Gasteiger partial charge in [-0.25, -0.2) is 19.9 Å². The van der Waals surface area contributed by atoms with Gasteiger partial charge in [-0.3, -0.25) is 0 Å². The van der Waals surface area contributed by atoms with Crippen LogP contribution in [0, 0.1) is 22.7 Å². The van der Waals surface area contributed by atoms with Gasteiger partial charge in [-0.1, -0.05) is 183 Å². The highest BCUT2D eigenvalue weighted by Gasteiger charge is 2.36. The molecule has 1 saturated carbocycles. The van der Waals surface area contributed by atoms with Gasteiger partial charge in [-0.15, -0.1) is 0 Å². The fourth-order valence-electron chi connectivity index (χ4n) is 8.63. The van der Waals surface area contributed by atoms with Crippen LogP contribution in [-0.4, -0.2) is 19.9 Å². The summed E-state index contributed by atoms with van der Waals surface area (Å²) in [5, 5.41) is 21.1. The third kappa shape index (κ3) is 6.91. The van der Waals surface area contributed by atoms with Crippen molar-refractivity contribution in [3.8, 4) is 68.6 Å². The Morgan fingerprint density at radius 3 is 1.33 bits per heavy atom. The van der Waals surface area contributed by atoms with Crippen molar-refractivity contribution in [1.29, 1.82) is 10.5 Å². The Labute approximate surface area is 339 Å². The van der Waals surface area contributed by atoms with Crippen molar-refractivity contribution in [2.24, 2.45) is 0 Å². The molecule has 0 amide bonds. The highest BCUT2D eigenvalue weighted by molar-refractivity contribution is 5.80. The van der Waals surface area contributed by atoms with Gasteiger partial charge in [0.1, 0.15) is 29.1 Å². The van der Waals surface area contributed by atoms with Crippen LogP contribution >= 0.6 is 0 Å². The Balaban J connectivity index is 1.11. The highest BCUT2D eigenvalue weighted by Crippen LogP contribution is 2.46. The zero-order chi connectivity index (χ0) is 39.3. The minimum atomic E-state index is -0.188. The standard InChI is InChI=1S/C52H40N6/c53-34-44-46(36-16-6-1-7-17-36)55-50(40-20-10-3-11-21-40)57-48(44)38-24-28-42(29-25-38)52(32-14-5-15-33-52)43-30-26-39(27-31-43)49-45(35-54)47(37-18-8-2-9-19-37)56-51(58-49)41-22-12-4-13-23-41/h1-4,6-13,16-22,24-31,41H,5,14-15,23,32-33H2. The van der Waals surface area contributed by atoms with Gasteiger partial charge < -0.3 is 0 Å². The number of hydrogen-bond acceptors (Lipinski definition) is 6. The quantitative estimate of drug-likeness (QED) is 0.153. The van der Waals surface area contributed by atoms with Crippen LogP contribution < -0.4 is 0 Å². The van der Waals surface area contributed by atoms with Crippen LogP contribution in [0.15, 0.2) is 164 Å². The van der Waals surface area contributed by atoms with Crippen LogP contribution in [0.3, 0.4) is 0 Å². The molecule has 6 nitrogen and oxygen atoms in total. The smallest absolute Gasteiger partial charge is 0.160 e. The summed E-state index contributed by atoms with van der Waals surface area (Å²) in [6.45, 7) is 0. The molecule has 9 rings (SSSR count). The van der Waals surface area contributed by atoms with Crippen molar-refractivity contribution in [2.75, 3.05) is 0 Å². The third-order valence-electron chi connectivity index (χ3n) is 11.6. The molecule has 2 aliphatic rings. The first-order valence-electron chi connectivity index (χ1n) is 20.0. The van der Waals surface area contributed by atoms with E-state index in [0.29, 0.717) is 39.7 Å². The number of nitrogens with zero attached hydrogens (tertiary/aromatic N) is 6. The van der Waals surface area contributed by atoms with Crippen molar-refractivity contribution in [3.05, 3.63) is 192 Å². The summed E-state index contributed by atoms with van der Waals surface area (Å²) in [5.41, 5.74) is 10.2. The van der Waals surface area contributed by atoms with E-state index in [1.54, 1.807) is 0 Å². The molecule has 5 aromatic carbocycles. The summed E-state index contributed by atoms with van der Waals surface area (Å²) in [6.07, 6.45) is 14.7. The van der Waals surface area contributed by atoms with Crippen molar-refractivity contribution < 1.29 is 0 Å². The lowest BCUT2D eigenvalue weighted by Gasteiger charge is -2.39. The SMILES string of the molecule is N#Cc1c(-c2ccccc2)nc(-c2ccccc2)nc1-c1ccc(C2(c3ccc(-c4nc(C5C=CC=CC5)nc(-c5ccccc5)c4C#N)cc3)CCCCC2)cc1. The van der Waals surface area contributed by atoms with Crippen LogP contribution in [0.25, 0.3) is 56.4 Å². The molecular weight excluding hydrogens is 709 g/mol. The van der Waals surface area contributed by atoms with E-state index in [1.807, 2.05) is 97.1 Å². The fraction of sp³-hybridized carbons (Fsp3) is 0.154. The second-order valence-electron chi connectivity index (χ2n) is 15.0. The Bertz CT molecular complexity index is 2720. The molecule has 0 aliphatic heterocycles. The van der Waals surface area contributed by atoms with Crippen LogP contribution in [-0.2, 0) is 5.41 Å². The lowest BCUT2D eigenvalue weighted by Crippen LogP contribution is -2.30. The summed E-state index contributed by atoms with van der Waals surface area (Å²) in [4.78, 5) is 20.1. The van der Waals surface area contributed by atoms with Gasteiger partial charge in [-0.2, -0.15) is 10.5 Å². The van der Waals surface area contributed by atoms with Gasteiger partial charge in [0.05, 0.1) is 22.8 Å². The van der Waals surface area contributed by atoms with Gasteiger partial charge in [0, 0.05) is 39.2 Å². The van der Waals surface area contributed by atoms with Crippen molar-refractivity contribution in [1.82, 2.24) is 19.9 Å². The van der Waals surface area contributed by atoms with Gasteiger partial charge in [0.2, 0.25) is 0 Å². The van der Waals surface area contributed by atoms with Crippen molar-refractivity contribution >= 4 is 0 Å². The third-order valence-corrected chi connectivity index (χ3v) is 11.6. The largest absolute Gasteiger partial charge is 0.231 e. The van der Waals surface area contributed by atoms with Gasteiger partial charge in [0.15, 0.2) is 5.82 Å². The molecule has 278 valence electrons. The summed E-state index contributed by atoms with van der Waals surface area (Å²) in [7, 11) is 0. The average molecular weight is 749 g/mol. The summed E-state index contributed by atoms with van der Waals surface area (Å²) in [6, 6.07) is 52.1. The maximum Gasteiger partial charge on any atom is 0.160 e. The molecule has 6 heteroatoms. The van der Waals surface area contributed by atoms with Gasteiger partial charge >= 0.3 is 0 Å². The maximum absolute atomic E-state index is 10.6. The van der Waals surface area contributed by atoms with Crippen LogP contribution in [0.1, 0.15) is 72.5 Å². The monoisotopic (exact) mass is 748 g/mol. The molecule has 7 aromatic rings. The molecule has 1 unspecified atom stereocenters. The first-order valence-corrected chi connectivity index (χ1v) is 20.0. The van der Waals surface area contributed by atoms with E-state index < -0.39 is 0 Å². The Morgan fingerprint density at radius 1 is 0.466 bits per heavy atom. The lowest BCUT2D eigenvalue weighted by molar-refractivity contribution is 0.346. The molecule has 0 N–H and O–H groups in total. The topological polar surface area (TPSA) is 99.1 Å². The molecular formula is C52H40N6. The zero-order valence-electron chi connectivity index (χ0n) is 32.1. The summed E-state index contributed by atoms with van der Waals surface area (Å²) < 4.78 is 0. The zero-order valence-corrected chi connectivity index (χ0v) is 32.1. The first kappa shape index (κ1) is 36.4. The number of hydrogen-bond donors (Lipinski definition) is 0.